The molecule has 0 spiro atoms. The topological polar surface area (TPSA) is 134 Å². The molecule has 0 bridgehead atoms. The van der Waals surface area contributed by atoms with Crippen LogP contribution in [0.25, 0.3) is 11.5 Å². The maximum Gasteiger partial charge on any atom is 0.294 e. The van der Waals surface area contributed by atoms with Gasteiger partial charge in [-0.15, -0.1) is 0 Å². The largest absolute Gasteiger partial charge is 0.507 e. The fraction of sp³-hybridized carbons (Fsp3) is 0.158. The predicted molar refractivity (Wildman–Crippen MR) is 179 cm³/mol. The molecule has 0 saturated carbocycles. The first-order valence-electron chi connectivity index (χ1n) is 15.3. The number of nitrogens with zero attached hydrogens (tertiary/aromatic N) is 2. The number of hydrogen-bond acceptors (Lipinski definition) is 8. The summed E-state index contributed by atoms with van der Waals surface area (Å²) in [6.07, 6.45) is 1.71. The van der Waals surface area contributed by atoms with Crippen LogP contribution in [0.2, 0.25) is 0 Å². The Kier molecular flexibility index (Phi) is 11.0. The zero-order valence-corrected chi connectivity index (χ0v) is 26.0. The van der Waals surface area contributed by atoms with Gasteiger partial charge in [0.15, 0.2) is 0 Å². The second kappa shape index (κ2) is 15.9. The van der Waals surface area contributed by atoms with E-state index >= 15 is 0 Å². The molecule has 1 heterocycles. The minimum absolute atomic E-state index is 0.0114. The van der Waals surface area contributed by atoms with Crippen LogP contribution in [0.1, 0.15) is 22.3 Å². The summed E-state index contributed by atoms with van der Waals surface area (Å²) in [6.45, 7) is 0.690. The van der Waals surface area contributed by atoms with E-state index in [2.05, 4.69) is 0 Å². The van der Waals surface area contributed by atoms with Crippen LogP contribution in [-0.2, 0) is 32.4 Å². The number of ketones is 2. The van der Waals surface area contributed by atoms with E-state index in [0.29, 0.717) is 35.8 Å². The number of rotatable bonds is 12. The van der Waals surface area contributed by atoms with E-state index in [1.807, 2.05) is 60.7 Å². The molecule has 48 heavy (non-hydrogen) atoms. The Morgan fingerprint density at radius 1 is 0.542 bits per heavy atom. The molecule has 4 aromatic rings. The highest BCUT2D eigenvalue weighted by molar-refractivity contribution is 6.42. The van der Waals surface area contributed by atoms with E-state index in [0.717, 1.165) is 23.3 Å². The molecule has 2 amide bonds. The first kappa shape index (κ1) is 33.2. The Morgan fingerprint density at radius 2 is 0.917 bits per heavy atom. The summed E-state index contributed by atoms with van der Waals surface area (Å²) in [5, 5.41) is 21.1. The molecular weight excluding hydrogens is 612 g/mol. The maximum atomic E-state index is 12.8. The lowest BCUT2D eigenvalue weighted by molar-refractivity contribution is -0.147. The van der Waals surface area contributed by atoms with Crippen molar-refractivity contribution in [2.75, 3.05) is 26.2 Å². The molecule has 0 radical (unpaired) electrons. The van der Waals surface area contributed by atoms with Crippen molar-refractivity contribution in [2.24, 2.45) is 0 Å². The van der Waals surface area contributed by atoms with Gasteiger partial charge in [-0.2, -0.15) is 0 Å². The van der Waals surface area contributed by atoms with Gasteiger partial charge in [0.2, 0.25) is 11.6 Å². The molecule has 5 rings (SSSR count). The van der Waals surface area contributed by atoms with Crippen LogP contribution >= 0.6 is 0 Å². The highest BCUT2D eigenvalue weighted by Crippen LogP contribution is 2.21. The standard InChI is InChI=1S/C38H34N2O8/c41-33(29-13-7-15-31(21-29)47-25-27-9-3-1-4-10-27)23-35(43)37(45)39-17-19-40(20-18-39)38(46)36(44)24-34(42)30-14-8-16-32(22-30)48-26-28-11-5-2-6-12-28/h1-16,21-24,41-42H,17-20,25-26H2/b33-23-,34-24-. The molecule has 10 heteroatoms. The molecule has 2 N–H and O–H groups in total. The van der Waals surface area contributed by atoms with Gasteiger partial charge in [0.1, 0.15) is 36.2 Å². The van der Waals surface area contributed by atoms with Gasteiger partial charge >= 0.3 is 0 Å². The lowest BCUT2D eigenvalue weighted by atomic mass is 10.1. The minimum Gasteiger partial charge on any atom is -0.507 e. The zero-order chi connectivity index (χ0) is 33.9. The molecule has 1 fully saturated rings. The highest BCUT2D eigenvalue weighted by atomic mass is 16.5. The Balaban J connectivity index is 1.11. The van der Waals surface area contributed by atoms with E-state index in [-0.39, 0.29) is 26.2 Å². The van der Waals surface area contributed by atoms with E-state index in [9.17, 15) is 29.4 Å². The number of aliphatic hydroxyl groups excluding tert-OH is 2. The van der Waals surface area contributed by atoms with Gasteiger partial charge < -0.3 is 29.5 Å². The third-order valence-corrected chi connectivity index (χ3v) is 7.57. The van der Waals surface area contributed by atoms with Crippen LogP contribution < -0.4 is 9.47 Å². The van der Waals surface area contributed by atoms with Crippen LogP contribution in [-0.4, -0.2) is 69.6 Å². The third-order valence-electron chi connectivity index (χ3n) is 7.57. The van der Waals surface area contributed by atoms with Gasteiger partial charge in [0.05, 0.1) is 0 Å². The monoisotopic (exact) mass is 646 g/mol. The summed E-state index contributed by atoms with van der Waals surface area (Å²) in [6, 6.07) is 32.2. The second-order valence-electron chi connectivity index (χ2n) is 11.0. The maximum absolute atomic E-state index is 12.8. The quantitative estimate of drug-likeness (QED) is 0.123. The number of carbonyl (C=O) groups excluding carboxylic acids is 4. The minimum atomic E-state index is -0.929. The summed E-state index contributed by atoms with van der Waals surface area (Å²) >= 11 is 0. The van der Waals surface area contributed by atoms with Crippen LogP contribution in [0.4, 0.5) is 0 Å². The molecular formula is C38H34N2O8. The second-order valence-corrected chi connectivity index (χ2v) is 11.0. The number of amides is 2. The summed E-state index contributed by atoms with van der Waals surface area (Å²) < 4.78 is 11.5. The van der Waals surface area contributed by atoms with Crippen molar-refractivity contribution in [2.45, 2.75) is 13.2 Å². The molecule has 0 unspecified atom stereocenters. The fourth-order valence-corrected chi connectivity index (χ4v) is 4.94. The van der Waals surface area contributed by atoms with Gasteiger partial charge in [0, 0.05) is 49.5 Å². The average Bonchev–Trinajstić information content (AvgIpc) is 3.13. The molecule has 0 aromatic heterocycles. The number of hydrogen-bond donors (Lipinski definition) is 2. The fourth-order valence-electron chi connectivity index (χ4n) is 4.94. The SMILES string of the molecule is O=C(/C=C(\O)c1cccc(OCc2ccccc2)c1)C(=O)N1CCN(C(=O)C(=O)/C=C(\O)c2cccc(OCc3ccccc3)c2)CC1. The van der Waals surface area contributed by atoms with Gasteiger partial charge in [-0.05, 0) is 35.4 Å². The molecule has 1 aliphatic heterocycles. The van der Waals surface area contributed by atoms with Crippen molar-refractivity contribution in [3.05, 3.63) is 144 Å². The summed E-state index contributed by atoms with van der Waals surface area (Å²) in [7, 11) is 0. The van der Waals surface area contributed by atoms with Crippen molar-refractivity contribution in [3.8, 4) is 11.5 Å². The summed E-state index contributed by atoms with van der Waals surface area (Å²) in [4.78, 5) is 53.6. The first-order chi connectivity index (χ1) is 23.3. The lowest BCUT2D eigenvalue weighted by Gasteiger charge is -2.33. The van der Waals surface area contributed by atoms with Crippen LogP contribution in [0.15, 0.2) is 121 Å². The van der Waals surface area contributed by atoms with E-state index in [1.165, 1.54) is 9.80 Å². The van der Waals surface area contributed by atoms with Gasteiger partial charge in [0.25, 0.3) is 11.8 Å². The van der Waals surface area contributed by atoms with Crippen LogP contribution in [0, 0.1) is 0 Å². The van der Waals surface area contributed by atoms with Crippen molar-refractivity contribution < 1.29 is 38.9 Å². The number of aliphatic hydroxyl groups is 2. The van der Waals surface area contributed by atoms with Gasteiger partial charge in [-0.1, -0.05) is 84.9 Å². The molecule has 10 nitrogen and oxygen atoms in total. The zero-order valence-electron chi connectivity index (χ0n) is 26.0. The van der Waals surface area contributed by atoms with Gasteiger partial charge in [-0.3, -0.25) is 19.2 Å². The van der Waals surface area contributed by atoms with E-state index in [4.69, 9.17) is 9.47 Å². The van der Waals surface area contributed by atoms with Crippen LogP contribution in [0.3, 0.4) is 0 Å². The Hall–Kier alpha value is -6.16. The van der Waals surface area contributed by atoms with E-state index in [1.54, 1.807) is 48.5 Å². The van der Waals surface area contributed by atoms with Crippen LogP contribution in [0.5, 0.6) is 11.5 Å². The Labute approximate surface area is 277 Å². The smallest absolute Gasteiger partial charge is 0.294 e. The highest BCUT2D eigenvalue weighted by Gasteiger charge is 2.29. The van der Waals surface area contributed by atoms with E-state index < -0.39 is 34.9 Å². The molecule has 0 atom stereocenters. The Bertz CT molecular complexity index is 1690. The lowest BCUT2D eigenvalue weighted by Crippen LogP contribution is -2.53. The number of carbonyl (C=O) groups is 4. The third kappa shape index (κ3) is 8.97. The molecule has 1 saturated heterocycles. The first-order valence-corrected chi connectivity index (χ1v) is 15.3. The molecule has 4 aromatic carbocycles. The number of benzene rings is 4. The molecule has 1 aliphatic rings. The van der Waals surface area contributed by atoms with Gasteiger partial charge in [-0.25, -0.2) is 0 Å². The summed E-state index contributed by atoms with van der Waals surface area (Å²) in [5.41, 5.74) is 2.54. The van der Waals surface area contributed by atoms with Crippen molar-refractivity contribution in [1.29, 1.82) is 0 Å². The normalized spacial score (nSPS) is 13.5. The van der Waals surface area contributed by atoms with Crippen molar-refractivity contribution in [3.63, 3.8) is 0 Å². The molecule has 0 aliphatic carbocycles. The number of ether oxygens (including phenoxy) is 2. The number of piperazine rings is 1. The average molecular weight is 647 g/mol. The molecule has 244 valence electrons. The van der Waals surface area contributed by atoms with Crippen molar-refractivity contribution in [1.82, 2.24) is 9.80 Å². The van der Waals surface area contributed by atoms with Crippen molar-refractivity contribution >= 4 is 34.9 Å². The summed E-state index contributed by atoms with van der Waals surface area (Å²) in [5.74, 6) is -3.36. The predicted octanol–water partition coefficient (Wildman–Crippen LogP) is 5.15. The Morgan fingerprint density at radius 3 is 1.29 bits per heavy atom.